The van der Waals surface area contributed by atoms with Gasteiger partial charge in [-0.25, -0.2) is 0 Å². The smallest absolute Gasteiger partial charge is 0.248 e. The highest BCUT2D eigenvalue weighted by molar-refractivity contribution is 5.88. The lowest BCUT2D eigenvalue weighted by molar-refractivity contribution is -0.131. The molecule has 2 fully saturated rings. The number of nitrogens with one attached hydrogen (secondary N) is 1. The van der Waals surface area contributed by atoms with Crippen LogP contribution < -0.4 is 5.32 Å². The first-order valence-corrected chi connectivity index (χ1v) is 5.46. The molecule has 0 radical (unpaired) electrons. The molecule has 3 rings (SSSR count). The number of amides is 1. The van der Waals surface area contributed by atoms with Gasteiger partial charge in [-0.05, 0) is 6.42 Å². The molecule has 2 N–H and O–H groups in total. The summed E-state index contributed by atoms with van der Waals surface area (Å²) in [7, 11) is 0. The van der Waals surface area contributed by atoms with Gasteiger partial charge in [0.15, 0.2) is 6.23 Å². The predicted molar refractivity (Wildman–Crippen MR) is 52.7 cm³/mol. The molecule has 5 atom stereocenters. The number of aliphatic hydroxyl groups excluding tert-OH is 1. The van der Waals surface area contributed by atoms with E-state index in [0.29, 0.717) is 0 Å². The van der Waals surface area contributed by atoms with Gasteiger partial charge in [0, 0.05) is 12.3 Å². The lowest BCUT2D eigenvalue weighted by Gasteiger charge is -2.29. The van der Waals surface area contributed by atoms with Gasteiger partial charge in [-0.3, -0.25) is 4.79 Å². The predicted octanol–water partition coefficient (Wildman–Crippen LogP) is -0.890. The standard InChI is InChI=1S/C10H14N2O4/c1-2-5-7(14)8-9(15-5)12-4-3-6(13)11-10(12)16-8/h3-5,7-10,14H,2H2,1H3,(H,11,13)/t5-,7-,8?,9-,10?/m1/s1. The van der Waals surface area contributed by atoms with Gasteiger partial charge in [-0.15, -0.1) is 0 Å². The Hall–Kier alpha value is -1.11. The van der Waals surface area contributed by atoms with E-state index in [2.05, 4.69) is 5.32 Å². The summed E-state index contributed by atoms with van der Waals surface area (Å²) in [5, 5.41) is 12.6. The quantitative estimate of drug-likeness (QED) is 0.607. The summed E-state index contributed by atoms with van der Waals surface area (Å²) in [5.74, 6) is -0.192. The maximum absolute atomic E-state index is 11.1. The van der Waals surface area contributed by atoms with Gasteiger partial charge < -0.3 is 24.8 Å². The second kappa shape index (κ2) is 3.44. The molecule has 3 heterocycles. The zero-order valence-electron chi connectivity index (χ0n) is 8.87. The zero-order chi connectivity index (χ0) is 11.3. The van der Waals surface area contributed by atoms with E-state index >= 15 is 0 Å². The van der Waals surface area contributed by atoms with Gasteiger partial charge in [0.25, 0.3) is 0 Å². The molecule has 0 aromatic carbocycles. The molecule has 0 bridgehead atoms. The molecule has 0 aromatic rings. The van der Waals surface area contributed by atoms with Crippen molar-refractivity contribution in [2.24, 2.45) is 0 Å². The van der Waals surface area contributed by atoms with Crippen LogP contribution in [0.4, 0.5) is 0 Å². The maximum Gasteiger partial charge on any atom is 0.248 e. The molecule has 0 aliphatic carbocycles. The Kier molecular flexibility index (Phi) is 2.17. The van der Waals surface area contributed by atoms with Crippen LogP contribution in [0.1, 0.15) is 13.3 Å². The highest BCUT2D eigenvalue weighted by atomic mass is 16.6. The summed E-state index contributed by atoms with van der Waals surface area (Å²) in [5.41, 5.74) is 0. The van der Waals surface area contributed by atoms with E-state index in [-0.39, 0.29) is 18.2 Å². The average Bonchev–Trinajstić information content (AvgIpc) is 2.75. The first-order chi connectivity index (χ1) is 7.70. The molecule has 0 spiro atoms. The average molecular weight is 226 g/mol. The van der Waals surface area contributed by atoms with Crippen LogP contribution in [-0.2, 0) is 14.3 Å². The topological polar surface area (TPSA) is 71.0 Å². The molecule has 6 nitrogen and oxygen atoms in total. The maximum atomic E-state index is 11.1. The molecule has 0 saturated carbocycles. The molecular formula is C10H14N2O4. The van der Waals surface area contributed by atoms with E-state index in [4.69, 9.17) is 9.47 Å². The fourth-order valence-corrected chi connectivity index (χ4v) is 2.39. The Morgan fingerprint density at radius 2 is 2.38 bits per heavy atom. The highest BCUT2D eigenvalue weighted by Gasteiger charge is 2.54. The molecule has 88 valence electrons. The molecule has 1 amide bonds. The third-order valence-corrected chi connectivity index (χ3v) is 3.23. The summed E-state index contributed by atoms with van der Waals surface area (Å²) in [6, 6.07) is 0. The minimum atomic E-state index is -0.633. The molecule has 2 saturated heterocycles. The summed E-state index contributed by atoms with van der Waals surface area (Å²) in [4.78, 5) is 12.9. The van der Waals surface area contributed by atoms with Crippen LogP contribution in [0.25, 0.3) is 0 Å². The summed E-state index contributed by atoms with van der Waals surface area (Å²) < 4.78 is 11.3. The van der Waals surface area contributed by atoms with Gasteiger partial charge in [0.2, 0.25) is 12.3 Å². The van der Waals surface area contributed by atoms with Crippen LogP contribution in [0.2, 0.25) is 0 Å². The lowest BCUT2D eigenvalue weighted by Crippen LogP contribution is -2.48. The van der Waals surface area contributed by atoms with Gasteiger partial charge in [0.05, 0.1) is 6.10 Å². The van der Waals surface area contributed by atoms with E-state index in [1.807, 2.05) is 6.92 Å². The van der Waals surface area contributed by atoms with E-state index in [1.165, 1.54) is 6.08 Å². The fourth-order valence-electron chi connectivity index (χ4n) is 2.39. The number of hydrogen-bond acceptors (Lipinski definition) is 5. The Labute approximate surface area is 92.8 Å². The number of carbonyl (C=O) groups excluding carboxylic acids is 1. The number of nitrogens with zero attached hydrogens (tertiary/aromatic N) is 1. The molecular weight excluding hydrogens is 212 g/mol. The van der Waals surface area contributed by atoms with Gasteiger partial charge in [0.1, 0.15) is 12.2 Å². The van der Waals surface area contributed by atoms with E-state index in [1.54, 1.807) is 11.1 Å². The number of rotatable bonds is 1. The van der Waals surface area contributed by atoms with Crippen LogP contribution in [0, 0.1) is 0 Å². The molecule has 0 aromatic heterocycles. The Bertz CT molecular complexity index is 346. The van der Waals surface area contributed by atoms with Crippen LogP contribution in [-0.4, -0.2) is 46.8 Å². The van der Waals surface area contributed by atoms with Gasteiger partial charge in [-0.2, -0.15) is 0 Å². The zero-order valence-corrected chi connectivity index (χ0v) is 8.87. The Morgan fingerprint density at radius 1 is 1.56 bits per heavy atom. The van der Waals surface area contributed by atoms with Crippen molar-refractivity contribution in [2.45, 2.75) is 44.2 Å². The van der Waals surface area contributed by atoms with Gasteiger partial charge in [-0.1, -0.05) is 6.92 Å². The molecule has 6 heteroatoms. The second-order valence-corrected chi connectivity index (χ2v) is 4.19. The lowest BCUT2D eigenvalue weighted by atomic mass is 10.1. The number of fused-ring (bicyclic) bond motifs is 3. The Balaban J connectivity index is 1.82. The van der Waals surface area contributed by atoms with E-state index < -0.39 is 18.6 Å². The normalized spacial score (nSPS) is 45.5. The van der Waals surface area contributed by atoms with E-state index in [9.17, 15) is 9.90 Å². The first-order valence-electron chi connectivity index (χ1n) is 5.46. The second-order valence-electron chi connectivity index (χ2n) is 4.19. The van der Waals surface area contributed by atoms with Crippen molar-refractivity contribution in [1.29, 1.82) is 0 Å². The minimum Gasteiger partial charge on any atom is -0.388 e. The number of ether oxygens (including phenoxy) is 2. The minimum absolute atomic E-state index is 0.192. The summed E-state index contributed by atoms with van der Waals surface area (Å²) in [6.45, 7) is 1.96. The van der Waals surface area contributed by atoms with Crippen molar-refractivity contribution in [3.63, 3.8) is 0 Å². The largest absolute Gasteiger partial charge is 0.388 e. The third-order valence-electron chi connectivity index (χ3n) is 3.23. The van der Waals surface area contributed by atoms with Crippen molar-refractivity contribution < 1.29 is 19.4 Å². The highest BCUT2D eigenvalue weighted by Crippen LogP contribution is 2.35. The summed E-state index contributed by atoms with van der Waals surface area (Å²) >= 11 is 0. The Morgan fingerprint density at radius 3 is 3.12 bits per heavy atom. The van der Waals surface area contributed by atoms with Crippen molar-refractivity contribution >= 4 is 5.91 Å². The van der Waals surface area contributed by atoms with Crippen molar-refractivity contribution in [1.82, 2.24) is 10.2 Å². The number of hydrogen-bond donors (Lipinski definition) is 2. The van der Waals surface area contributed by atoms with Crippen LogP contribution >= 0.6 is 0 Å². The first kappa shape index (κ1) is 10.1. The molecule has 3 aliphatic rings. The van der Waals surface area contributed by atoms with Crippen LogP contribution in [0.3, 0.4) is 0 Å². The van der Waals surface area contributed by atoms with Crippen molar-refractivity contribution in [3.05, 3.63) is 12.3 Å². The number of carbonyl (C=O) groups is 1. The van der Waals surface area contributed by atoms with Gasteiger partial charge >= 0.3 is 0 Å². The fraction of sp³-hybridized carbons (Fsp3) is 0.700. The molecule has 16 heavy (non-hydrogen) atoms. The van der Waals surface area contributed by atoms with Crippen molar-refractivity contribution in [3.8, 4) is 0 Å². The van der Waals surface area contributed by atoms with E-state index in [0.717, 1.165) is 6.42 Å². The van der Waals surface area contributed by atoms with Crippen LogP contribution in [0.15, 0.2) is 12.3 Å². The van der Waals surface area contributed by atoms with Crippen LogP contribution in [0.5, 0.6) is 0 Å². The number of aliphatic hydroxyl groups is 1. The third kappa shape index (κ3) is 1.27. The summed E-state index contributed by atoms with van der Waals surface area (Å²) in [6.07, 6.45) is 1.79. The molecule has 3 aliphatic heterocycles. The molecule has 2 unspecified atom stereocenters. The monoisotopic (exact) mass is 226 g/mol. The SMILES string of the molecule is CC[C@H]1O[C@@H]2C(OC3NC(=O)C=CN32)[C@@H]1O. The van der Waals surface area contributed by atoms with Crippen molar-refractivity contribution in [2.75, 3.05) is 0 Å².